The molecule has 0 amide bonds. The molecule has 1 aromatic carbocycles. The zero-order valence-corrected chi connectivity index (χ0v) is 13.7. The fourth-order valence-corrected chi connectivity index (χ4v) is 2.09. The van der Waals surface area contributed by atoms with Crippen molar-refractivity contribution in [2.75, 3.05) is 32.7 Å². The number of hydrogen-bond donors (Lipinski definition) is 3. The van der Waals surface area contributed by atoms with Crippen LogP contribution in [0.25, 0.3) is 10.9 Å². The van der Waals surface area contributed by atoms with Crippen molar-refractivity contribution in [2.45, 2.75) is 19.4 Å². The van der Waals surface area contributed by atoms with Crippen LogP contribution >= 0.6 is 12.6 Å². The second-order valence-electron chi connectivity index (χ2n) is 4.87. The summed E-state index contributed by atoms with van der Waals surface area (Å²) in [6.07, 6.45) is 2.98. The minimum atomic E-state index is 0.221. The highest BCUT2D eigenvalue weighted by atomic mass is 32.1. The zero-order valence-electron chi connectivity index (χ0n) is 12.8. The molecule has 0 fully saturated rings. The molecule has 5 heteroatoms. The van der Waals surface area contributed by atoms with Crippen LogP contribution in [0.5, 0.6) is 0 Å². The quantitative estimate of drug-likeness (QED) is 0.544. The van der Waals surface area contributed by atoms with Gasteiger partial charge in [0.25, 0.3) is 0 Å². The maximum atomic E-state index is 5.76. The number of hydrogen-bond acceptors (Lipinski definition) is 4. The molecule has 1 aromatic heterocycles. The Bertz CT molecular complexity index is 494. The smallest absolute Gasteiger partial charge is 0.0700 e. The molecule has 1 atom stereocenters. The number of H-pyrrole nitrogens is 1. The number of para-hydroxylation sites is 1. The Kier molecular flexibility index (Phi) is 9.17. The molecule has 21 heavy (non-hydrogen) atoms. The summed E-state index contributed by atoms with van der Waals surface area (Å²) in [6.45, 7) is 4.10. The summed E-state index contributed by atoms with van der Waals surface area (Å²) in [5.74, 6) is 0.781. The molecule has 2 aromatic rings. The van der Waals surface area contributed by atoms with Crippen molar-refractivity contribution in [3.05, 3.63) is 36.0 Å². The Balaban J connectivity index is 0.000000240. The fourth-order valence-electron chi connectivity index (χ4n) is 1.96. The molecule has 1 unspecified atom stereocenters. The van der Waals surface area contributed by atoms with Gasteiger partial charge in [0.05, 0.1) is 19.8 Å². The summed E-state index contributed by atoms with van der Waals surface area (Å²) >= 11 is 3.96. The molecule has 0 saturated carbocycles. The predicted octanol–water partition coefficient (Wildman–Crippen LogP) is 2.64. The van der Waals surface area contributed by atoms with Crippen LogP contribution < -0.4 is 5.73 Å². The van der Waals surface area contributed by atoms with Gasteiger partial charge in [-0.15, -0.1) is 0 Å². The average Bonchev–Trinajstić information content (AvgIpc) is 2.87. The van der Waals surface area contributed by atoms with Gasteiger partial charge in [0.1, 0.15) is 0 Å². The Hall–Kier alpha value is -1.01. The summed E-state index contributed by atoms with van der Waals surface area (Å²) in [7, 11) is 1.66. The van der Waals surface area contributed by atoms with Gasteiger partial charge in [0, 0.05) is 36.0 Å². The Morgan fingerprint density at radius 1 is 1.24 bits per heavy atom. The highest BCUT2D eigenvalue weighted by Gasteiger charge is 2.04. The van der Waals surface area contributed by atoms with Crippen molar-refractivity contribution < 1.29 is 9.47 Å². The third-order valence-corrected chi connectivity index (χ3v) is 3.07. The highest BCUT2D eigenvalue weighted by molar-refractivity contribution is 7.80. The van der Waals surface area contributed by atoms with E-state index < -0.39 is 0 Å². The van der Waals surface area contributed by atoms with Gasteiger partial charge in [-0.2, -0.15) is 12.6 Å². The number of methoxy groups -OCH3 is 1. The van der Waals surface area contributed by atoms with E-state index in [1.165, 1.54) is 16.5 Å². The van der Waals surface area contributed by atoms with E-state index >= 15 is 0 Å². The molecule has 0 spiro atoms. The average molecular weight is 310 g/mol. The SMILES string of the molecule is CC(N)Cc1c[nH]c2ccccc12.COCCOCCS. The number of fused-ring (bicyclic) bond motifs is 1. The molecule has 0 aliphatic rings. The van der Waals surface area contributed by atoms with E-state index in [9.17, 15) is 0 Å². The van der Waals surface area contributed by atoms with Gasteiger partial charge >= 0.3 is 0 Å². The molecule has 0 saturated heterocycles. The lowest BCUT2D eigenvalue weighted by Gasteiger charge is -2.02. The first-order valence-corrected chi connectivity index (χ1v) is 7.80. The van der Waals surface area contributed by atoms with Crippen molar-refractivity contribution in [1.29, 1.82) is 0 Å². The van der Waals surface area contributed by atoms with Crippen molar-refractivity contribution in [1.82, 2.24) is 4.98 Å². The first kappa shape index (κ1) is 18.0. The van der Waals surface area contributed by atoms with Crippen molar-refractivity contribution in [3.63, 3.8) is 0 Å². The lowest BCUT2D eigenvalue weighted by Crippen LogP contribution is -2.17. The van der Waals surface area contributed by atoms with E-state index in [2.05, 4.69) is 35.8 Å². The number of ether oxygens (including phenoxy) is 2. The van der Waals surface area contributed by atoms with E-state index in [1.54, 1.807) is 7.11 Å². The number of benzene rings is 1. The Labute approximate surface area is 132 Å². The van der Waals surface area contributed by atoms with E-state index in [1.807, 2.05) is 19.2 Å². The van der Waals surface area contributed by atoms with Crippen LogP contribution in [-0.4, -0.2) is 43.7 Å². The number of aromatic amines is 1. The van der Waals surface area contributed by atoms with E-state index in [-0.39, 0.29) is 6.04 Å². The monoisotopic (exact) mass is 310 g/mol. The molecular formula is C16H26N2O2S. The van der Waals surface area contributed by atoms with Crippen LogP contribution in [-0.2, 0) is 15.9 Å². The molecule has 118 valence electrons. The van der Waals surface area contributed by atoms with E-state index in [0.29, 0.717) is 19.8 Å². The summed E-state index contributed by atoms with van der Waals surface area (Å²) < 4.78 is 9.76. The van der Waals surface area contributed by atoms with Gasteiger partial charge in [-0.3, -0.25) is 0 Å². The second-order valence-corrected chi connectivity index (χ2v) is 5.32. The fraction of sp³-hybridized carbons (Fsp3) is 0.500. The molecule has 0 bridgehead atoms. The number of rotatable bonds is 7. The lowest BCUT2D eigenvalue weighted by atomic mass is 10.1. The molecule has 4 nitrogen and oxygen atoms in total. The molecular weight excluding hydrogens is 284 g/mol. The molecule has 0 aliphatic heterocycles. The molecule has 0 radical (unpaired) electrons. The summed E-state index contributed by atoms with van der Waals surface area (Å²) in [5.41, 5.74) is 8.26. The first-order chi connectivity index (χ1) is 10.2. The van der Waals surface area contributed by atoms with Crippen molar-refractivity contribution in [3.8, 4) is 0 Å². The van der Waals surface area contributed by atoms with Crippen molar-refractivity contribution in [2.24, 2.45) is 5.73 Å². The van der Waals surface area contributed by atoms with Crippen LogP contribution in [0.1, 0.15) is 12.5 Å². The van der Waals surface area contributed by atoms with E-state index in [0.717, 1.165) is 12.2 Å². The van der Waals surface area contributed by atoms with Gasteiger partial charge in [0.15, 0.2) is 0 Å². The first-order valence-electron chi connectivity index (χ1n) is 7.17. The summed E-state index contributed by atoms with van der Waals surface area (Å²) in [4.78, 5) is 3.24. The van der Waals surface area contributed by atoms with Crippen LogP contribution in [0.4, 0.5) is 0 Å². The lowest BCUT2D eigenvalue weighted by molar-refractivity contribution is 0.0791. The summed E-state index contributed by atoms with van der Waals surface area (Å²) in [6, 6.07) is 8.53. The minimum absolute atomic E-state index is 0.221. The molecule has 1 heterocycles. The maximum Gasteiger partial charge on any atom is 0.0700 e. The van der Waals surface area contributed by atoms with Crippen molar-refractivity contribution >= 4 is 23.5 Å². The van der Waals surface area contributed by atoms with Crippen LogP contribution in [0.3, 0.4) is 0 Å². The highest BCUT2D eigenvalue weighted by Crippen LogP contribution is 2.18. The Morgan fingerprint density at radius 3 is 2.67 bits per heavy atom. The van der Waals surface area contributed by atoms with Gasteiger partial charge in [-0.25, -0.2) is 0 Å². The molecule has 3 N–H and O–H groups in total. The number of nitrogens with one attached hydrogen (secondary N) is 1. The number of nitrogens with two attached hydrogens (primary N) is 1. The summed E-state index contributed by atoms with van der Waals surface area (Å²) in [5, 5.41) is 1.29. The van der Waals surface area contributed by atoms with Gasteiger partial charge in [-0.1, -0.05) is 18.2 Å². The maximum absolute atomic E-state index is 5.76. The number of aromatic nitrogens is 1. The molecule has 0 aliphatic carbocycles. The van der Waals surface area contributed by atoms with Gasteiger partial charge in [0.2, 0.25) is 0 Å². The molecule has 2 rings (SSSR count). The zero-order chi connectivity index (χ0) is 15.5. The normalized spacial score (nSPS) is 12.0. The topological polar surface area (TPSA) is 60.3 Å². The standard InChI is InChI=1S/C11H14N2.C5H12O2S/c1-8(12)6-9-7-13-11-5-3-2-4-10(9)11;1-6-2-3-7-4-5-8/h2-5,7-8,13H,6,12H2,1H3;8H,2-5H2,1H3. The largest absolute Gasteiger partial charge is 0.382 e. The van der Waals surface area contributed by atoms with Gasteiger partial charge in [-0.05, 0) is 25.0 Å². The number of thiol groups is 1. The van der Waals surface area contributed by atoms with Gasteiger partial charge < -0.3 is 20.2 Å². The minimum Gasteiger partial charge on any atom is -0.382 e. The van der Waals surface area contributed by atoms with Crippen LogP contribution in [0.15, 0.2) is 30.5 Å². The van der Waals surface area contributed by atoms with Crippen LogP contribution in [0, 0.1) is 0 Å². The third kappa shape index (κ3) is 7.00. The van der Waals surface area contributed by atoms with Crippen LogP contribution in [0.2, 0.25) is 0 Å². The second kappa shape index (κ2) is 10.7. The Morgan fingerprint density at radius 2 is 2.00 bits per heavy atom. The third-order valence-electron chi connectivity index (χ3n) is 2.88. The predicted molar refractivity (Wildman–Crippen MR) is 92.2 cm³/mol. The van der Waals surface area contributed by atoms with E-state index in [4.69, 9.17) is 15.2 Å².